The molecule has 2 N–H and O–H groups in total. The number of benzene rings is 2. The van der Waals surface area contributed by atoms with Gasteiger partial charge in [-0.05, 0) is 42.7 Å². The molecule has 1 atom stereocenters. The maximum absolute atomic E-state index is 13.1. The van der Waals surface area contributed by atoms with Crippen LogP contribution in [-0.2, 0) is 4.79 Å². The summed E-state index contributed by atoms with van der Waals surface area (Å²) in [5.41, 5.74) is 1.47. The number of hydrogen-bond acceptors (Lipinski definition) is 3. The smallest absolute Gasteiger partial charge is 0.222 e. The summed E-state index contributed by atoms with van der Waals surface area (Å²) in [6.45, 7) is 2.93. The molecular formula is C19H22FNO3. The average Bonchev–Trinajstić information content (AvgIpc) is 2.56. The van der Waals surface area contributed by atoms with Gasteiger partial charge in [0.2, 0.25) is 5.91 Å². The van der Waals surface area contributed by atoms with E-state index in [2.05, 4.69) is 5.32 Å². The molecule has 128 valence electrons. The van der Waals surface area contributed by atoms with Crippen LogP contribution in [0.2, 0.25) is 0 Å². The molecule has 0 radical (unpaired) electrons. The Hall–Kier alpha value is -2.40. The first-order valence-electron chi connectivity index (χ1n) is 7.95. The number of hydrogen-bond donors (Lipinski definition) is 2. The zero-order valence-electron chi connectivity index (χ0n) is 13.7. The molecule has 2 aromatic carbocycles. The van der Waals surface area contributed by atoms with Crippen LogP contribution in [0.1, 0.15) is 30.1 Å². The van der Waals surface area contributed by atoms with Crippen molar-refractivity contribution in [2.45, 2.75) is 25.9 Å². The molecule has 5 heteroatoms. The first kappa shape index (κ1) is 17.9. The number of rotatable bonds is 8. The SMILES string of the molecule is Cc1ccccc1OCCCNC(=O)CC(O)c1cccc(F)c1. The molecule has 0 spiro atoms. The van der Waals surface area contributed by atoms with Crippen molar-refractivity contribution in [1.29, 1.82) is 0 Å². The zero-order chi connectivity index (χ0) is 17.4. The van der Waals surface area contributed by atoms with Gasteiger partial charge in [-0.25, -0.2) is 4.39 Å². The number of ether oxygens (including phenoxy) is 1. The molecular weight excluding hydrogens is 309 g/mol. The molecule has 0 aliphatic heterocycles. The largest absolute Gasteiger partial charge is 0.493 e. The van der Waals surface area contributed by atoms with Crippen LogP contribution in [0.3, 0.4) is 0 Å². The van der Waals surface area contributed by atoms with E-state index in [0.29, 0.717) is 25.1 Å². The van der Waals surface area contributed by atoms with E-state index in [1.807, 2.05) is 31.2 Å². The van der Waals surface area contributed by atoms with Crippen LogP contribution in [-0.4, -0.2) is 24.2 Å². The van der Waals surface area contributed by atoms with Crippen LogP contribution in [0, 0.1) is 12.7 Å². The summed E-state index contributed by atoms with van der Waals surface area (Å²) >= 11 is 0. The van der Waals surface area contributed by atoms with E-state index in [4.69, 9.17) is 4.74 Å². The highest BCUT2D eigenvalue weighted by atomic mass is 19.1. The minimum Gasteiger partial charge on any atom is -0.493 e. The predicted molar refractivity (Wildman–Crippen MR) is 90.3 cm³/mol. The molecule has 0 saturated carbocycles. The van der Waals surface area contributed by atoms with E-state index in [0.717, 1.165) is 11.3 Å². The van der Waals surface area contributed by atoms with E-state index < -0.39 is 11.9 Å². The van der Waals surface area contributed by atoms with Gasteiger partial charge in [0, 0.05) is 6.54 Å². The number of carbonyl (C=O) groups is 1. The van der Waals surface area contributed by atoms with Crippen molar-refractivity contribution < 1.29 is 19.0 Å². The maximum Gasteiger partial charge on any atom is 0.222 e. The minimum atomic E-state index is -1.01. The fourth-order valence-corrected chi connectivity index (χ4v) is 2.28. The first-order valence-corrected chi connectivity index (χ1v) is 7.95. The summed E-state index contributed by atoms with van der Waals surface area (Å²) in [7, 11) is 0. The van der Waals surface area contributed by atoms with E-state index in [9.17, 15) is 14.3 Å². The average molecular weight is 331 g/mol. The van der Waals surface area contributed by atoms with E-state index in [1.54, 1.807) is 6.07 Å². The van der Waals surface area contributed by atoms with Gasteiger partial charge in [-0.1, -0.05) is 30.3 Å². The second kappa shape index (κ2) is 9.03. The number of aliphatic hydroxyl groups is 1. The highest BCUT2D eigenvalue weighted by molar-refractivity contribution is 5.76. The quantitative estimate of drug-likeness (QED) is 0.731. The highest BCUT2D eigenvalue weighted by Gasteiger charge is 2.13. The van der Waals surface area contributed by atoms with Crippen molar-refractivity contribution in [1.82, 2.24) is 5.32 Å². The highest BCUT2D eigenvalue weighted by Crippen LogP contribution is 2.17. The predicted octanol–water partition coefficient (Wildman–Crippen LogP) is 3.14. The molecule has 1 amide bonds. The Labute approximate surface area is 141 Å². The van der Waals surface area contributed by atoms with Crippen LogP contribution >= 0.6 is 0 Å². The second-order valence-electron chi connectivity index (χ2n) is 5.59. The van der Waals surface area contributed by atoms with Gasteiger partial charge in [-0.2, -0.15) is 0 Å². The Balaban J connectivity index is 1.65. The lowest BCUT2D eigenvalue weighted by Gasteiger charge is -2.12. The summed E-state index contributed by atoms with van der Waals surface area (Å²) in [6.07, 6.45) is -0.443. The molecule has 0 bridgehead atoms. The van der Waals surface area contributed by atoms with E-state index in [-0.39, 0.29) is 12.3 Å². The molecule has 2 aromatic rings. The van der Waals surface area contributed by atoms with Crippen molar-refractivity contribution in [3.8, 4) is 5.75 Å². The van der Waals surface area contributed by atoms with Crippen LogP contribution in [0.5, 0.6) is 5.75 Å². The number of aliphatic hydroxyl groups excluding tert-OH is 1. The first-order chi connectivity index (χ1) is 11.6. The Morgan fingerprint density at radius 1 is 1.25 bits per heavy atom. The van der Waals surface area contributed by atoms with Gasteiger partial charge >= 0.3 is 0 Å². The summed E-state index contributed by atoms with van der Waals surface area (Å²) in [6, 6.07) is 13.4. The van der Waals surface area contributed by atoms with Crippen molar-refractivity contribution in [2.24, 2.45) is 0 Å². The van der Waals surface area contributed by atoms with Gasteiger partial charge in [0.05, 0.1) is 19.1 Å². The van der Waals surface area contributed by atoms with E-state index >= 15 is 0 Å². The van der Waals surface area contributed by atoms with Crippen LogP contribution < -0.4 is 10.1 Å². The Kier molecular flexibility index (Phi) is 6.75. The van der Waals surface area contributed by atoms with Gasteiger partial charge in [0.25, 0.3) is 0 Å². The van der Waals surface area contributed by atoms with Crippen molar-refractivity contribution in [3.63, 3.8) is 0 Å². The molecule has 0 fully saturated rings. The van der Waals surface area contributed by atoms with Crippen molar-refractivity contribution in [2.75, 3.05) is 13.2 Å². The zero-order valence-corrected chi connectivity index (χ0v) is 13.7. The molecule has 24 heavy (non-hydrogen) atoms. The van der Waals surface area contributed by atoms with Gasteiger partial charge in [-0.3, -0.25) is 4.79 Å². The van der Waals surface area contributed by atoms with E-state index in [1.165, 1.54) is 18.2 Å². The molecule has 2 rings (SSSR count). The summed E-state index contributed by atoms with van der Waals surface area (Å²) in [5, 5.41) is 12.7. The van der Waals surface area contributed by atoms with Crippen molar-refractivity contribution >= 4 is 5.91 Å². The number of para-hydroxylation sites is 1. The number of carbonyl (C=O) groups excluding carboxylic acids is 1. The third kappa shape index (κ3) is 5.66. The Bertz CT molecular complexity index is 675. The third-order valence-corrected chi connectivity index (χ3v) is 3.61. The molecule has 0 aromatic heterocycles. The fourth-order valence-electron chi connectivity index (χ4n) is 2.28. The van der Waals surface area contributed by atoms with Gasteiger partial charge in [0.1, 0.15) is 11.6 Å². The summed E-state index contributed by atoms with van der Waals surface area (Å²) in [5.74, 6) is 0.133. The number of halogens is 1. The standard InChI is InChI=1S/C19H22FNO3/c1-14-6-2-3-9-18(14)24-11-5-10-21-19(23)13-17(22)15-7-4-8-16(20)12-15/h2-4,6-9,12,17,22H,5,10-11,13H2,1H3,(H,21,23). The molecule has 1 unspecified atom stereocenters. The Morgan fingerprint density at radius 2 is 2.04 bits per heavy atom. The second-order valence-corrected chi connectivity index (χ2v) is 5.59. The third-order valence-electron chi connectivity index (χ3n) is 3.61. The maximum atomic E-state index is 13.1. The van der Waals surface area contributed by atoms with Crippen LogP contribution in [0.15, 0.2) is 48.5 Å². The summed E-state index contributed by atoms with van der Waals surface area (Å²) in [4.78, 5) is 11.8. The minimum absolute atomic E-state index is 0.0951. The lowest BCUT2D eigenvalue weighted by Crippen LogP contribution is -2.27. The van der Waals surface area contributed by atoms with Crippen LogP contribution in [0.4, 0.5) is 4.39 Å². The van der Waals surface area contributed by atoms with Gasteiger partial charge in [0.15, 0.2) is 0 Å². The summed E-state index contributed by atoms with van der Waals surface area (Å²) < 4.78 is 18.7. The monoisotopic (exact) mass is 331 g/mol. The molecule has 0 aliphatic rings. The van der Waals surface area contributed by atoms with Gasteiger partial charge < -0.3 is 15.2 Å². The Morgan fingerprint density at radius 3 is 2.79 bits per heavy atom. The number of amides is 1. The fraction of sp³-hybridized carbons (Fsp3) is 0.316. The number of nitrogens with one attached hydrogen (secondary N) is 1. The topological polar surface area (TPSA) is 58.6 Å². The normalized spacial score (nSPS) is 11.8. The molecule has 4 nitrogen and oxygen atoms in total. The molecule has 0 aliphatic carbocycles. The number of aryl methyl sites for hydroxylation is 1. The van der Waals surface area contributed by atoms with Crippen molar-refractivity contribution in [3.05, 3.63) is 65.5 Å². The lowest BCUT2D eigenvalue weighted by molar-refractivity contribution is -0.123. The molecule has 0 heterocycles. The lowest BCUT2D eigenvalue weighted by atomic mass is 10.1. The van der Waals surface area contributed by atoms with Gasteiger partial charge in [-0.15, -0.1) is 0 Å². The molecule has 0 saturated heterocycles. The van der Waals surface area contributed by atoms with Crippen LogP contribution in [0.25, 0.3) is 0 Å².